The van der Waals surface area contributed by atoms with E-state index in [1.807, 2.05) is 0 Å². The van der Waals surface area contributed by atoms with Gasteiger partial charge in [-0.25, -0.2) is 13.6 Å². The van der Waals surface area contributed by atoms with Gasteiger partial charge >= 0.3 is 5.97 Å². The van der Waals surface area contributed by atoms with Crippen LogP contribution in [0.2, 0.25) is 0 Å². The molecule has 0 bridgehead atoms. The van der Waals surface area contributed by atoms with Crippen LogP contribution in [0.3, 0.4) is 0 Å². The molecular weight excluding hydrogens is 298 g/mol. The lowest BCUT2D eigenvalue weighted by molar-refractivity contribution is -0.153. The molecule has 1 saturated heterocycles. The third kappa shape index (κ3) is 2.69. The molecule has 22 heavy (non-hydrogen) atoms. The van der Waals surface area contributed by atoms with Crippen molar-refractivity contribution in [3.05, 3.63) is 35.7 Å². The van der Waals surface area contributed by atoms with Crippen molar-refractivity contribution < 1.29 is 27.6 Å². The van der Waals surface area contributed by atoms with Crippen molar-refractivity contribution in [2.75, 3.05) is 7.11 Å². The summed E-state index contributed by atoms with van der Waals surface area (Å²) in [4.78, 5) is 15.5. The van der Waals surface area contributed by atoms with Gasteiger partial charge in [0.25, 0.3) is 5.89 Å². The van der Waals surface area contributed by atoms with E-state index in [1.165, 1.54) is 13.2 Å². The van der Waals surface area contributed by atoms with Gasteiger partial charge < -0.3 is 14.0 Å². The van der Waals surface area contributed by atoms with Gasteiger partial charge in [0, 0.05) is 5.56 Å². The summed E-state index contributed by atoms with van der Waals surface area (Å²) in [5.74, 6) is -2.09. The molecule has 116 valence electrons. The Morgan fingerprint density at radius 2 is 2.14 bits per heavy atom. The highest BCUT2D eigenvalue weighted by molar-refractivity contribution is 5.74. The molecule has 1 aromatic heterocycles. The van der Waals surface area contributed by atoms with E-state index in [-0.39, 0.29) is 17.3 Å². The van der Waals surface area contributed by atoms with Crippen LogP contribution in [0.5, 0.6) is 0 Å². The van der Waals surface area contributed by atoms with Crippen LogP contribution < -0.4 is 0 Å². The number of benzene rings is 1. The smallest absolute Gasteiger partial charge is 0.335 e. The number of aromatic nitrogens is 2. The molecule has 3 rings (SSSR count). The Hall–Kier alpha value is -2.35. The van der Waals surface area contributed by atoms with E-state index in [9.17, 15) is 13.6 Å². The topological polar surface area (TPSA) is 74.5 Å². The molecule has 2 atom stereocenters. The highest BCUT2D eigenvalue weighted by atomic mass is 19.2. The van der Waals surface area contributed by atoms with Gasteiger partial charge in [0.2, 0.25) is 5.82 Å². The highest BCUT2D eigenvalue weighted by Gasteiger charge is 2.35. The average Bonchev–Trinajstić information content (AvgIpc) is 3.17. The summed E-state index contributed by atoms with van der Waals surface area (Å²) in [6.45, 7) is 0. The summed E-state index contributed by atoms with van der Waals surface area (Å²) >= 11 is 0. The zero-order chi connectivity index (χ0) is 15.7. The molecular formula is C14H12F2N2O4. The molecule has 8 heteroatoms. The fraction of sp³-hybridized carbons (Fsp3) is 0.357. The molecule has 1 aliphatic rings. The second-order valence-electron chi connectivity index (χ2n) is 4.80. The predicted octanol–water partition coefficient (Wildman–Crippen LogP) is 2.41. The SMILES string of the molecule is COC(=O)C1CCC(c2nc(-c3ccc(F)c(F)c3)no2)O1. The minimum Gasteiger partial charge on any atom is -0.467 e. The number of esters is 1. The van der Waals surface area contributed by atoms with E-state index in [0.29, 0.717) is 12.8 Å². The maximum Gasteiger partial charge on any atom is 0.335 e. The number of methoxy groups -OCH3 is 1. The quantitative estimate of drug-likeness (QED) is 0.810. The van der Waals surface area contributed by atoms with Crippen molar-refractivity contribution >= 4 is 5.97 Å². The van der Waals surface area contributed by atoms with Gasteiger partial charge in [0.1, 0.15) is 6.10 Å². The van der Waals surface area contributed by atoms with Crippen LogP contribution in [-0.4, -0.2) is 29.3 Å². The van der Waals surface area contributed by atoms with Crippen molar-refractivity contribution in [3.8, 4) is 11.4 Å². The molecule has 0 N–H and O–H groups in total. The molecule has 0 spiro atoms. The summed E-state index contributed by atoms with van der Waals surface area (Å²) in [6, 6.07) is 3.32. The Bertz CT molecular complexity index is 704. The zero-order valence-corrected chi connectivity index (χ0v) is 11.6. The first kappa shape index (κ1) is 14.6. The number of carbonyl (C=O) groups is 1. The Morgan fingerprint density at radius 3 is 2.86 bits per heavy atom. The minimum absolute atomic E-state index is 0.124. The van der Waals surface area contributed by atoms with E-state index in [4.69, 9.17) is 9.26 Å². The molecule has 1 aromatic carbocycles. The van der Waals surface area contributed by atoms with Crippen LogP contribution in [0.25, 0.3) is 11.4 Å². The largest absolute Gasteiger partial charge is 0.467 e. The maximum atomic E-state index is 13.2. The van der Waals surface area contributed by atoms with Crippen molar-refractivity contribution in [2.24, 2.45) is 0 Å². The van der Waals surface area contributed by atoms with E-state index >= 15 is 0 Å². The monoisotopic (exact) mass is 310 g/mol. The van der Waals surface area contributed by atoms with Crippen LogP contribution in [-0.2, 0) is 14.3 Å². The highest BCUT2D eigenvalue weighted by Crippen LogP contribution is 2.33. The first-order valence-corrected chi connectivity index (χ1v) is 6.61. The number of hydrogen-bond donors (Lipinski definition) is 0. The van der Waals surface area contributed by atoms with Gasteiger partial charge in [-0.05, 0) is 31.0 Å². The van der Waals surface area contributed by atoms with Gasteiger partial charge in [-0.2, -0.15) is 4.98 Å². The number of rotatable bonds is 3. The van der Waals surface area contributed by atoms with Gasteiger partial charge in [0.15, 0.2) is 17.7 Å². The summed E-state index contributed by atoms with van der Waals surface area (Å²) in [5, 5.41) is 3.72. The van der Waals surface area contributed by atoms with Crippen LogP contribution in [0, 0.1) is 11.6 Å². The van der Waals surface area contributed by atoms with Crippen molar-refractivity contribution in [1.82, 2.24) is 10.1 Å². The van der Waals surface area contributed by atoms with Crippen LogP contribution in [0.1, 0.15) is 24.8 Å². The number of halogens is 2. The van der Waals surface area contributed by atoms with E-state index in [0.717, 1.165) is 12.1 Å². The van der Waals surface area contributed by atoms with Gasteiger partial charge in [-0.1, -0.05) is 5.16 Å². The normalized spacial score (nSPS) is 21.0. The van der Waals surface area contributed by atoms with Crippen molar-refractivity contribution in [3.63, 3.8) is 0 Å². The molecule has 1 aliphatic heterocycles. The molecule has 0 saturated carbocycles. The second-order valence-corrected chi connectivity index (χ2v) is 4.80. The lowest BCUT2D eigenvalue weighted by atomic mass is 10.2. The molecule has 0 amide bonds. The molecule has 0 aliphatic carbocycles. The Balaban J connectivity index is 1.77. The Morgan fingerprint density at radius 1 is 1.32 bits per heavy atom. The first-order chi connectivity index (χ1) is 10.6. The third-order valence-corrected chi connectivity index (χ3v) is 3.38. The fourth-order valence-corrected chi connectivity index (χ4v) is 2.24. The fourth-order valence-electron chi connectivity index (χ4n) is 2.24. The summed E-state index contributed by atoms with van der Waals surface area (Å²) < 4.78 is 41.3. The molecule has 0 radical (unpaired) electrons. The number of hydrogen-bond acceptors (Lipinski definition) is 6. The van der Waals surface area contributed by atoms with Crippen LogP contribution in [0.15, 0.2) is 22.7 Å². The lowest BCUT2D eigenvalue weighted by Gasteiger charge is -2.08. The molecule has 1 fully saturated rings. The van der Waals surface area contributed by atoms with E-state index in [1.54, 1.807) is 0 Å². The van der Waals surface area contributed by atoms with E-state index < -0.39 is 29.8 Å². The van der Waals surface area contributed by atoms with Gasteiger partial charge in [-0.3, -0.25) is 0 Å². The Kier molecular flexibility index (Phi) is 3.84. The summed E-state index contributed by atoms with van der Waals surface area (Å²) in [7, 11) is 1.28. The third-order valence-electron chi connectivity index (χ3n) is 3.38. The van der Waals surface area contributed by atoms with Crippen molar-refractivity contribution in [2.45, 2.75) is 25.0 Å². The molecule has 2 unspecified atom stereocenters. The number of ether oxygens (including phenoxy) is 2. The summed E-state index contributed by atoms with van der Waals surface area (Å²) in [5.41, 5.74) is 0.288. The predicted molar refractivity (Wildman–Crippen MR) is 68.5 cm³/mol. The average molecular weight is 310 g/mol. The standard InChI is InChI=1S/C14H12F2N2O4/c1-20-14(19)11-5-4-10(21-11)13-17-12(18-22-13)7-2-3-8(15)9(16)6-7/h2-3,6,10-11H,4-5H2,1H3. The van der Waals surface area contributed by atoms with Crippen LogP contribution >= 0.6 is 0 Å². The van der Waals surface area contributed by atoms with E-state index in [2.05, 4.69) is 14.9 Å². The number of nitrogens with zero attached hydrogens (tertiary/aromatic N) is 2. The van der Waals surface area contributed by atoms with Gasteiger partial charge in [-0.15, -0.1) is 0 Å². The lowest BCUT2D eigenvalue weighted by Crippen LogP contribution is -2.21. The molecule has 2 aromatic rings. The van der Waals surface area contributed by atoms with Gasteiger partial charge in [0.05, 0.1) is 7.11 Å². The maximum absolute atomic E-state index is 13.2. The second kappa shape index (κ2) is 5.80. The number of carbonyl (C=O) groups excluding carboxylic acids is 1. The zero-order valence-electron chi connectivity index (χ0n) is 11.6. The molecule has 6 nitrogen and oxygen atoms in total. The summed E-state index contributed by atoms with van der Waals surface area (Å²) in [6.07, 6.45) is -0.163. The minimum atomic E-state index is -0.994. The van der Waals surface area contributed by atoms with Crippen LogP contribution in [0.4, 0.5) is 8.78 Å². The van der Waals surface area contributed by atoms with Crippen molar-refractivity contribution in [1.29, 1.82) is 0 Å². The molecule has 2 heterocycles. The first-order valence-electron chi connectivity index (χ1n) is 6.61. The Labute approximate surface area is 124 Å².